The number of carbonyl (C=O) groups is 1. The third-order valence-electron chi connectivity index (χ3n) is 7.40. The average molecular weight is 473 g/mol. The van der Waals surface area contributed by atoms with E-state index in [4.69, 9.17) is 0 Å². The molecular formula is C26H48O3S2. The van der Waals surface area contributed by atoms with Gasteiger partial charge in [0.2, 0.25) is 0 Å². The van der Waals surface area contributed by atoms with Gasteiger partial charge in [-0.2, -0.15) is 23.5 Å². The molecule has 2 heterocycles. The summed E-state index contributed by atoms with van der Waals surface area (Å²) < 4.78 is 0. The summed E-state index contributed by atoms with van der Waals surface area (Å²) in [5.41, 5.74) is -0.502. The minimum absolute atomic E-state index is 0.0802. The smallest absolute Gasteiger partial charge is 0.309 e. The Morgan fingerprint density at radius 2 is 1.19 bits per heavy atom. The van der Waals surface area contributed by atoms with Crippen LogP contribution in [0.3, 0.4) is 0 Å². The lowest BCUT2D eigenvalue weighted by atomic mass is 9.87. The molecule has 31 heavy (non-hydrogen) atoms. The zero-order valence-corrected chi connectivity index (χ0v) is 22.2. The minimum atomic E-state index is -0.665. The van der Waals surface area contributed by atoms with Crippen LogP contribution < -0.4 is 0 Å². The van der Waals surface area contributed by atoms with Crippen LogP contribution in [0.4, 0.5) is 0 Å². The van der Waals surface area contributed by atoms with Gasteiger partial charge >= 0.3 is 5.97 Å². The molecule has 0 amide bonds. The predicted molar refractivity (Wildman–Crippen MR) is 137 cm³/mol. The fourth-order valence-electron chi connectivity index (χ4n) is 4.95. The average Bonchev–Trinajstić information content (AvgIpc) is 2.72. The van der Waals surface area contributed by atoms with E-state index in [2.05, 4.69) is 37.4 Å². The first-order chi connectivity index (χ1) is 14.6. The lowest BCUT2D eigenvalue weighted by molar-refractivity contribution is -0.147. The van der Waals surface area contributed by atoms with Gasteiger partial charge in [0.15, 0.2) is 0 Å². The maximum atomic E-state index is 11.3. The number of carboxylic acids is 1. The lowest BCUT2D eigenvalue weighted by Crippen LogP contribution is -2.25. The van der Waals surface area contributed by atoms with Gasteiger partial charge in [0.25, 0.3) is 0 Å². The molecule has 0 radical (unpaired) electrons. The molecule has 0 aromatic carbocycles. The lowest BCUT2D eigenvalue weighted by Gasteiger charge is -2.33. The Bertz CT molecular complexity index is 535. The molecule has 2 aliphatic rings. The second-order valence-corrected chi connectivity index (χ2v) is 14.7. The van der Waals surface area contributed by atoms with Crippen LogP contribution in [0, 0.1) is 10.8 Å². The molecule has 2 rings (SSSR count). The van der Waals surface area contributed by atoms with Gasteiger partial charge in [-0.25, -0.2) is 0 Å². The Balaban J connectivity index is 1.64. The molecule has 0 saturated carbocycles. The van der Waals surface area contributed by atoms with E-state index in [0.29, 0.717) is 6.61 Å². The summed E-state index contributed by atoms with van der Waals surface area (Å²) in [5.74, 6) is -0.665. The summed E-state index contributed by atoms with van der Waals surface area (Å²) in [4.78, 5) is 11.3. The largest absolute Gasteiger partial charge is 0.481 e. The van der Waals surface area contributed by atoms with Gasteiger partial charge in [0.1, 0.15) is 0 Å². The predicted octanol–water partition coefficient (Wildman–Crippen LogP) is 7.55. The van der Waals surface area contributed by atoms with Crippen molar-refractivity contribution in [2.75, 3.05) is 6.61 Å². The number of rotatable bonds is 13. The van der Waals surface area contributed by atoms with Gasteiger partial charge < -0.3 is 10.2 Å². The Morgan fingerprint density at radius 3 is 1.61 bits per heavy atom. The topological polar surface area (TPSA) is 57.5 Å². The molecule has 2 saturated heterocycles. The van der Waals surface area contributed by atoms with Crippen LogP contribution in [-0.2, 0) is 4.79 Å². The second-order valence-electron chi connectivity index (χ2n) is 11.5. The molecule has 4 unspecified atom stereocenters. The number of hydrogen-bond donors (Lipinski definition) is 2. The maximum Gasteiger partial charge on any atom is 0.309 e. The van der Waals surface area contributed by atoms with E-state index in [9.17, 15) is 15.0 Å². The SMILES string of the molecule is CC(C)(CO)CCCC1CCCC(CCC2CCCC(CCCC(C)(C)C(=O)O)S2)S1. The van der Waals surface area contributed by atoms with Gasteiger partial charge in [-0.3, -0.25) is 4.79 Å². The molecule has 2 aliphatic heterocycles. The van der Waals surface area contributed by atoms with Gasteiger partial charge in [0.05, 0.1) is 5.41 Å². The zero-order chi connectivity index (χ0) is 22.9. The summed E-state index contributed by atoms with van der Waals surface area (Å²) in [6, 6.07) is 0. The number of thioether (sulfide) groups is 2. The van der Waals surface area contributed by atoms with Crippen molar-refractivity contribution in [3.63, 3.8) is 0 Å². The Hall–Kier alpha value is 0.130. The number of hydrogen-bond acceptors (Lipinski definition) is 4. The van der Waals surface area contributed by atoms with Crippen molar-refractivity contribution < 1.29 is 15.0 Å². The molecular weight excluding hydrogens is 424 g/mol. The van der Waals surface area contributed by atoms with Gasteiger partial charge in [-0.05, 0) is 83.5 Å². The summed E-state index contributed by atoms with van der Waals surface area (Å²) in [5, 5.41) is 22.0. The first kappa shape index (κ1) is 27.4. The number of aliphatic hydroxyl groups excluding tert-OH is 1. The summed E-state index contributed by atoms with van der Waals surface area (Å²) >= 11 is 4.49. The molecule has 0 aliphatic carbocycles. The van der Waals surface area contributed by atoms with Crippen molar-refractivity contribution in [3.05, 3.63) is 0 Å². The van der Waals surface area contributed by atoms with Gasteiger partial charge in [-0.15, -0.1) is 0 Å². The third kappa shape index (κ3) is 10.3. The minimum Gasteiger partial charge on any atom is -0.481 e. The molecule has 0 spiro atoms. The highest BCUT2D eigenvalue weighted by Gasteiger charge is 2.29. The molecule has 2 N–H and O–H groups in total. The van der Waals surface area contributed by atoms with Crippen LogP contribution in [0.15, 0.2) is 0 Å². The number of aliphatic hydroxyl groups is 1. The Kier molecular flexibility index (Phi) is 11.6. The van der Waals surface area contributed by atoms with Crippen LogP contribution in [0.2, 0.25) is 0 Å². The summed E-state index contributed by atoms with van der Waals surface area (Å²) in [7, 11) is 0. The first-order valence-corrected chi connectivity index (χ1v) is 14.6. The molecule has 182 valence electrons. The Labute approximate surface area is 200 Å². The molecule has 2 fully saturated rings. The third-order valence-corrected chi connectivity index (χ3v) is 10.8. The van der Waals surface area contributed by atoms with Crippen molar-refractivity contribution in [1.29, 1.82) is 0 Å². The van der Waals surface area contributed by atoms with E-state index in [1.165, 1.54) is 70.6 Å². The monoisotopic (exact) mass is 472 g/mol. The van der Waals surface area contributed by atoms with E-state index in [1.54, 1.807) is 0 Å². The highest BCUT2D eigenvalue weighted by Crippen LogP contribution is 2.41. The van der Waals surface area contributed by atoms with Gasteiger partial charge in [0, 0.05) is 27.6 Å². The molecule has 0 aromatic rings. The van der Waals surface area contributed by atoms with E-state index >= 15 is 0 Å². The van der Waals surface area contributed by atoms with Crippen molar-refractivity contribution in [3.8, 4) is 0 Å². The van der Waals surface area contributed by atoms with Gasteiger partial charge in [-0.1, -0.05) is 39.5 Å². The Morgan fingerprint density at radius 1 is 0.774 bits per heavy atom. The van der Waals surface area contributed by atoms with E-state index < -0.39 is 11.4 Å². The van der Waals surface area contributed by atoms with Crippen LogP contribution >= 0.6 is 23.5 Å². The fraction of sp³-hybridized carbons (Fsp3) is 0.962. The highest BCUT2D eigenvalue weighted by molar-refractivity contribution is 8.00. The van der Waals surface area contributed by atoms with E-state index in [-0.39, 0.29) is 5.41 Å². The second kappa shape index (κ2) is 13.1. The van der Waals surface area contributed by atoms with Crippen LogP contribution in [-0.4, -0.2) is 43.8 Å². The van der Waals surface area contributed by atoms with Crippen molar-refractivity contribution in [2.45, 2.75) is 139 Å². The summed E-state index contributed by atoms with van der Waals surface area (Å²) in [6.45, 7) is 8.35. The summed E-state index contributed by atoms with van der Waals surface area (Å²) in [6.07, 6.45) is 17.7. The molecule has 5 heteroatoms. The van der Waals surface area contributed by atoms with Crippen molar-refractivity contribution >= 4 is 29.5 Å². The maximum absolute atomic E-state index is 11.3. The number of aliphatic carboxylic acids is 1. The highest BCUT2D eigenvalue weighted by atomic mass is 32.2. The van der Waals surface area contributed by atoms with Crippen molar-refractivity contribution in [2.24, 2.45) is 10.8 Å². The van der Waals surface area contributed by atoms with Crippen molar-refractivity contribution in [1.82, 2.24) is 0 Å². The van der Waals surface area contributed by atoms with Crippen LogP contribution in [0.1, 0.15) is 118 Å². The van der Waals surface area contributed by atoms with E-state index in [0.717, 1.165) is 40.3 Å². The molecule has 3 nitrogen and oxygen atoms in total. The molecule has 0 aromatic heterocycles. The first-order valence-electron chi connectivity index (χ1n) is 12.8. The van der Waals surface area contributed by atoms with E-state index in [1.807, 2.05) is 13.8 Å². The van der Waals surface area contributed by atoms with Crippen LogP contribution in [0.5, 0.6) is 0 Å². The number of carboxylic acid groups (broad SMARTS) is 1. The normalized spacial score (nSPS) is 27.9. The fourth-order valence-corrected chi connectivity index (χ4v) is 8.40. The standard InChI is InChI=1S/C26H48O3S2/c1-25(2,19-27)17-7-13-20-9-5-11-22(30-20)15-16-23-12-6-10-21(31-23)14-8-18-26(3,4)24(28)29/h20-23,27H,5-19H2,1-4H3,(H,28,29). The molecule has 4 atom stereocenters. The molecule has 0 bridgehead atoms. The zero-order valence-electron chi connectivity index (χ0n) is 20.5. The van der Waals surface area contributed by atoms with Crippen LogP contribution in [0.25, 0.3) is 0 Å². The quantitative estimate of drug-likeness (QED) is 0.290.